The number of benzene rings is 3. The van der Waals surface area contributed by atoms with Gasteiger partial charge in [-0.25, -0.2) is 14.8 Å². The zero-order valence-corrected chi connectivity index (χ0v) is 27.9. The van der Waals surface area contributed by atoms with Gasteiger partial charge in [0.05, 0.1) is 43.0 Å². The molecule has 8 rings (SSSR count). The summed E-state index contributed by atoms with van der Waals surface area (Å²) in [5.41, 5.74) is 7.08. The van der Waals surface area contributed by atoms with Crippen LogP contribution < -0.4 is 10.6 Å². The van der Waals surface area contributed by atoms with Crippen LogP contribution in [0.5, 0.6) is 0 Å². The number of nitrogens with zero attached hydrogens (tertiary/aromatic N) is 3. The molecule has 5 heterocycles. The molecular formula is C38H37N7O3S. The Hall–Kier alpha value is -5.26. The molecule has 248 valence electrons. The molecule has 11 heteroatoms. The monoisotopic (exact) mass is 671 g/mol. The van der Waals surface area contributed by atoms with Crippen molar-refractivity contribution in [2.24, 2.45) is 0 Å². The number of aromatic amines is 2. The molecule has 2 fully saturated rings. The number of hydrogen-bond donors (Lipinski definition) is 4. The Morgan fingerprint density at radius 1 is 0.857 bits per heavy atom. The van der Waals surface area contributed by atoms with Crippen molar-refractivity contribution >= 4 is 34.1 Å². The molecule has 4 N–H and O–H groups in total. The number of methoxy groups -OCH3 is 1. The third-order valence-corrected chi connectivity index (χ3v) is 10.4. The number of amides is 2. The summed E-state index contributed by atoms with van der Waals surface area (Å²) < 4.78 is 4.80. The minimum absolute atomic E-state index is 0.174. The smallest absolute Gasteiger partial charge is 0.407 e. The SMILES string of the molecule is COC(=O)NC(C(=O)N1CCC[C@H]1c1ncc(-c2ccc(-c3ccc4cc(-c5cnc([C@@H]6CCCN6)[nH]5)ccc4c3)cc2)[nH]1)c1ccsc1. The molecule has 1 unspecified atom stereocenters. The molecule has 3 atom stereocenters. The number of rotatable bonds is 8. The minimum Gasteiger partial charge on any atom is -0.453 e. The van der Waals surface area contributed by atoms with Gasteiger partial charge in [0.25, 0.3) is 5.91 Å². The maximum absolute atomic E-state index is 13.8. The first kappa shape index (κ1) is 31.0. The predicted molar refractivity (Wildman–Crippen MR) is 191 cm³/mol. The number of carbonyl (C=O) groups is 2. The highest BCUT2D eigenvalue weighted by Crippen LogP contribution is 2.35. The molecule has 0 radical (unpaired) electrons. The Labute approximate surface area is 288 Å². The number of hydrogen-bond acceptors (Lipinski definition) is 7. The molecule has 0 saturated carbocycles. The molecule has 49 heavy (non-hydrogen) atoms. The second-order valence-electron chi connectivity index (χ2n) is 12.7. The molecule has 10 nitrogen and oxygen atoms in total. The second-order valence-corrected chi connectivity index (χ2v) is 13.5. The number of alkyl carbamates (subject to hydrolysis) is 1. The van der Waals surface area contributed by atoms with E-state index in [-0.39, 0.29) is 11.9 Å². The number of likely N-dealkylation sites (tertiary alicyclic amines) is 1. The molecule has 6 aromatic rings. The van der Waals surface area contributed by atoms with Crippen molar-refractivity contribution < 1.29 is 14.3 Å². The lowest BCUT2D eigenvalue weighted by Gasteiger charge is -2.28. The molecule has 2 aliphatic rings. The number of imidazole rings is 2. The first-order valence-electron chi connectivity index (χ1n) is 16.7. The van der Waals surface area contributed by atoms with Crippen molar-refractivity contribution in [2.45, 2.75) is 43.8 Å². The number of nitrogens with one attached hydrogen (secondary N) is 4. The summed E-state index contributed by atoms with van der Waals surface area (Å²) in [7, 11) is 1.30. The standard InChI is InChI=1S/C38H37N7O3S/c1-48-38(47)44-34(29-14-17-49-22-29)37(46)45-16-3-5-33(45)36-41-20-31(43-36)24-8-6-23(7-9-24)25-10-11-27-19-28(13-12-26(27)18-25)32-21-40-35(42-32)30-4-2-15-39-30/h6-14,17-22,30,33-34,39H,2-5,15-16H2,1H3,(H,40,42)(H,41,43)(H,44,47)/t30-,33-,34?/m0/s1. The van der Waals surface area contributed by atoms with Crippen LogP contribution in [0.2, 0.25) is 0 Å². The highest BCUT2D eigenvalue weighted by Gasteiger charge is 2.37. The topological polar surface area (TPSA) is 128 Å². The van der Waals surface area contributed by atoms with Crippen LogP contribution in [-0.4, -0.2) is 57.0 Å². The molecule has 2 saturated heterocycles. The van der Waals surface area contributed by atoms with Gasteiger partial charge in [-0.15, -0.1) is 0 Å². The van der Waals surface area contributed by atoms with E-state index in [1.54, 1.807) is 0 Å². The first-order valence-corrected chi connectivity index (χ1v) is 17.6. The molecule has 2 aliphatic heterocycles. The molecule has 0 spiro atoms. The predicted octanol–water partition coefficient (Wildman–Crippen LogP) is 7.53. The fourth-order valence-electron chi connectivity index (χ4n) is 7.05. The van der Waals surface area contributed by atoms with E-state index in [4.69, 9.17) is 9.72 Å². The van der Waals surface area contributed by atoms with Gasteiger partial charge < -0.3 is 30.2 Å². The van der Waals surface area contributed by atoms with E-state index in [0.717, 1.165) is 76.7 Å². The number of H-pyrrole nitrogens is 2. The van der Waals surface area contributed by atoms with Gasteiger partial charge in [0, 0.05) is 12.1 Å². The zero-order chi connectivity index (χ0) is 33.3. The Morgan fingerprint density at radius 2 is 1.55 bits per heavy atom. The lowest BCUT2D eigenvalue weighted by atomic mass is 9.98. The summed E-state index contributed by atoms with van der Waals surface area (Å²) in [6.45, 7) is 1.64. The average molecular weight is 672 g/mol. The average Bonchev–Trinajstić information content (AvgIpc) is 3.98. The number of aromatic nitrogens is 4. The van der Waals surface area contributed by atoms with E-state index >= 15 is 0 Å². The van der Waals surface area contributed by atoms with Gasteiger partial charge in [-0.2, -0.15) is 11.3 Å². The number of fused-ring (bicyclic) bond motifs is 1. The van der Waals surface area contributed by atoms with Crippen LogP contribution in [0, 0.1) is 0 Å². The Bertz CT molecular complexity index is 2100. The van der Waals surface area contributed by atoms with E-state index < -0.39 is 12.1 Å². The molecule has 2 amide bonds. The number of ether oxygens (including phenoxy) is 1. The normalized spacial score (nSPS) is 18.2. The van der Waals surface area contributed by atoms with Crippen molar-refractivity contribution in [1.82, 2.24) is 35.5 Å². The van der Waals surface area contributed by atoms with Crippen molar-refractivity contribution in [1.29, 1.82) is 0 Å². The van der Waals surface area contributed by atoms with Crippen LogP contribution in [0.4, 0.5) is 4.79 Å². The summed E-state index contributed by atoms with van der Waals surface area (Å²) in [5.74, 6) is 1.58. The van der Waals surface area contributed by atoms with Gasteiger partial charge in [0.1, 0.15) is 17.7 Å². The second kappa shape index (κ2) is 13.3. The molecule has 0 aliphatic carbocycles. The fraction of sp³-hybridized carbons (Fsp3) is 0.263. The van der Waals surface area contributed by atoms with Crippen LogP contribution in [0.15, 0.2) is 89.9 Å². The molecule has 3 aromatic carbocycles. The van der Waals surface area contributed by atoms with Gasteiger partial charge >= 0.3 is 6.09 Å². The Kier molecular flexibility index (Phi) is 8.44. The molecule has 0 bridgehead atoms. The first-order chi connectivity index (χ1) is 24.0. The van der Waals surface area contributed by atoms with Crippen molar-refractivity contribution in [3.8, 4) is 33.6 Å². The largest absolute Gasteiger partial charge is 0.453 e. The third-order valence-electron chi connectivity index (χ3n) is 9.68. The van der Waals surface area contributed by atoms with Crippen LogP contribution >= 0.6 is 11.3 Å². The van der Waals surface area contributed by atoms with Crippen molar-refractivity contribution in [2.75, 3.05) is 20.2 Å². The number of thiophene rings is 1. The van der Waals surface area contributed by atoms with Crippen LogP contribution in [0.3, 0.4) is 0 Å². The molecule has 3 aromatic heterocycles. The van der Waals surface area contributed by atoms with Gasteiger partial charge in [0.15, 0.2) is 0 Å². The van der Waals surface area contributed by atoms with Crippen LogP contribution in [-0.2, 0) is 9.53 Å². The van der Waals surface area contributed by atoms with Crippen LogP contribution in [0.1, 0.15) is 61.0 Å². The fourth-order valence-corrected chi connectivity index (χ4v) is 7.74. The van der Waals surface area contributed by atoms with Gasteiger partial charge in [-0.3, -0.25) is 4.79 Å². The van der Waals surface area contributed by atoms with E-state index in [1.807, 2.05) is 34.1 Å². The van der Waals surface area contributed by atoms with Gasteiger partial charge in [-0.05, 0) is 94.2 Å². The quantitative estimate of drug-likeness (QED) is 0.132. The summed E-state index contributed by atoms with van der Waals surface area (Å²) in [4.78, 5) is 44.0. The Balaban J connectivity index is 0.971. The Morgan fingerprint density at radius 3 is 2.29 bits per heavy atom. The summed E-state index contributed by atoms with van der Waals surface area (Å²) in [6.07, 6.45) is 7.07. The van der Waals surface area contributed by atoms with Gasteiger partial charge in [0.2, 0.25) is 0 Å². The van der Waals surface area contributed by atoms with Crippen molar-refractivity contribution in [3.05, 3.63) is 107 Å². The molecular weight excluding hydrogens is 635 g/mol. The van der Waals surface area contributed by atoms with Gasteiger partial charge in [-0.1, -0.05) is 48.5 Å². The zero-order valence-electron chi connectivity index (χ0n) is 27.1. The maximum Gasteiger partial charge on any atom is 0.407 e. The number of carbonyl (C=O) groups excluding carboxylic acids is 2. The maximum atomic E-state index is 13.8. The summed E-state index contributed by atoms with van der Waals surface area (Å²) in [6, 6.07) is 22.7. The van der Waals surface area contributed by atoms with Crippen molar-refractivity contribution in [3.63, 3.8) is 0 Å². The lowest BCUT2D eigenvalue weighted by Crippen LogP contribution is -2.42. The third kappa shape index (κ3) is 6.23. The highest BCUT2D eigenvalue weighted by molar-refractivity contribution is 7.08. The van der Waals surface area contributed by atoms with E-state index in [2.05, 4.69) is 86.2 Å². The lowest BCUT2D eigenvalue weighted by molar-refractivity contribution is -0.134. The summed E-state index contributed by atoms with van der Waals surface area (Å²) in [5, 5.41) is 12.3. The van der Waals surface area contributed by atoms with E-state index in [1.165, 1.54) is 35.6 Å². The summed E-state index contributed by atoms with van der Waals surface area (Å²) >= 11 is 1.48. The minimum atomic E-state index is -0.818. The van der Waals surface area contributed by atoms with E-state index in [9.17, 15) is 9.59 Å². The van der Waals surface area contributed by atoms with Crippen LogP contribution in [0.25, 0.3) is 44.4 Å². The highest BCUT2D eigenvalue weighted by atomic mass is 32.1. The van der Waals surface area contributed by atoms with E-state index in [0.29, 0.717) is 12.6 Å².